The Labute approximate surface area is 81.1 Å². The minimum absolute atomic E-state index is 0.0165. The first-order valence-corrected chi connectivity index (χ1v) is 4.08. The molecule has 0 spiro atoms. The number of amides is 1. The second-order valence-corrected chi connectivity index (χ2v) is 2.95. The number of aliphatic imine (C=N–C) groups is 2. The van der Waals surface area contributed by atoms with E-state index in [1.54, 1.807) is 7.05 Å². The molecule has 0 unspecified atom stereocenters. The fraction of sp³-hybridized carbons (Fsp3) is 0.571. The lowest BCUT2D eigenvalue weighted by Crippen LogP contribution is -2.48. The minimum Gasteiger partial charge on any atom is -0.394 e. The van der Waals surface area contributed by atoms with Crippen LogP contribution in [0.4, 0.5) is 0 Å². The van der Waals surface area contributed by atoms with E-state index in [1.165, 1.54) is 4.90 Å². The van der Waals surface area contributed by atoms with Gasteiger partial charge in [0.2, 0.25) is 5.84 Å². The molecule has 1 heterocycles. The van der Waals surface area contributed by atoms with Crippen LogP contribution in [0.25, 0.3) is 0 Å². The molecule has 0 saturated heterocycles. The van der Waals surface area contributed by atoms with Gasteiger partial charge >= 0.3 is 0 Å². The molecule has 1 atom stereocenters. The van der Waals surface area contributed by atoms with Crippen LogP contribution in [0.15, 0.2) is 9.98 Å². The van der Waals surface area contributed by atoms with E-state index >= 15 is 0 Å². The number of aliphatic hydroxyl groups is 1. The Morgan fingerprint density at radius 3 is 2.93 bits per heavy atom. The molecule has 1 amide bonds. The number of nitrogens with zero attached hydrogens (tertiary/aromatic N) is 3. The molecule has 0 saturated carbocycles. The number of hydrogen-bond acceptors (Lipinski definition) is 4. The summed E-state index contributed by atoms with van der Waals surface area (Å²) >= 11 is 0. The molecule has 1 aliphatic rings. The summed E-state index contributed by atoms with van der Waals surface area (Å²) in [6, 6.07) is -0.291. The fourth-order valence-electron chi connectivity index (χ4n) is 1.09. The van der Waals surface area contributed by atoms with Crippen molar-refractivity contribution in [2.45, 2.75) is 6.04 Å². The van der Waals surface area contributed by atoms with E-state index in [0.717, 1.165) is 0 Å². The van der Waals surface area contributed by atoms with Crippen molar-refractivity contribution in [1.82, 2.24) is 4.90 Å². The van der Waals surface area contributed by atoms with Gasteiger partial charge in [-0.3, -0.25) is 9.79 Å². The second-order valence-electron chi connectivity index (χ2n) is 2.95. The van der Waals surface area contributed by atoms with E-state index in [2.05, 4.69) is 9.98 Å². The molecule has 1 aliphatic heterocycles. The lowest BCUT2D eigenvalue weighted by molar-refractivity contribution is -0.126. The first kappa shape index (κ1) is 10.5. The van der Waals surface area contributed by atoms with Crippen LogP contribution in [0.3, 0.4) is 0 Å². The number of likely N-dealkylation sites (N-methyl/N-ethyl adjacent to an activating group) is 1. The molecule has 0 aromatic carbocycles. The van der Waals surface area contributed by atoms with Crippen molar-refractivity contribution in [3.05, 3.63) is 0 Å². The van der Waals surface area contributed by atoms with E-state index in [4.69, 9.17) is 16.6 Å². The molecular weight excluding hydrogens is 186 g/mol. The van der Waals surface area contributed by atoms with Crippen LogP contribution in [0, 0.1) is 0 Å². The molecule has 0 aromatic rings. The highest BCUT2D eigenvalue weighted by atomic mass is 16.3. The van der Waals surface area contributed by atoms with Crippen molar-refractivity contribution < 1.29 is 9.90 Å². The Morgan fingerprint density at radius 1 is 1.79 bits per heavy atom. The average molecular weight is 199 g/mol. The summed E-state index contributed by atoms with van der Waals surface area (Å²) in [5.41, 5.74) is 10.2. The zero-order valence-corrected chi connectivity index (χ0v) is 7.84. The third kappa shape index (κ3) is 1.99. The molecule has 0 radical (unpaired) electrons. The number of carbonyl (C=O) groups is 1. The van der Waals surface area contributed by atoms with Gasteiger partial charge in [0, 0.05) is 7.05 Å². The molecule has 0 fully saturated rings. The molecule has 0 aromatic heterocycles. The smallest absolute Gasteiger partial charge is 0.291 e. The third-order valence-corrected chi connectivity index (χ3v) is 1.96. The van der Waals surface area contributed by atoms with E-state index in [-0.39, 0.29) is 30.4 Å². The Kier molecular flexibility index (Phi) is 3.03. The van der Waals surface area contributed by atoms with Gasteiger partial charge in [0.25, 0.3) is 5.91 Å². The van der Waals surface area contributed by atoms with Crippen molar-refractivity contribution in [2.24, 2.45) is 21.5 Å². The third-order valence-electron chi connectivity index (χ3n) is 1.96. The summed E-state index contributed by atoms with van der Waals surface area (Å²) in [6.45, 7) is 0.186. The van der Waals surface area contributed by atoms with Gasteiger partial charge in [-0.05, 0) is 0 Å². The molecule has 7 heteroatoms. The zero-order valence-electron chi connectivity index (χ0n) is 7.84. The maximum atomic E-state index is 11.5. The monoisotopic (exact) mass is 199 g/mol. The van der Waals surface area contributed by atoms with Gasteiger partial charge in [-0.1, -0.05) is 0 Å². The van der Waals surface area contributed by atoms with Crippen LogP contribution in [-0.4, -0.2) is 53.9 Å². The van der Waals surface area contributed by atoms with Gasteiger partial charge in [0.1, 0.15) is 0 Å². The van der Waals surface area contributed by atoms with Gasteiger partial charge in [-0.2, -0.15) is 4.99 Å². The summed E-state index contributed by atoms with van der Waals surface area (Å²) in [5, 5.41) is 8.90. The standard InChI is InChI=1S/C7H13N5O2/c1-12-4(3-13)2-10-5(6(12)14)11-7(8)9/h4,13H,2-3H2,1H3,(H4,8,9,10,11)/t4-/m0/s1. The lowest BCUT2D eigenvalue weighted by Gasteiger charge is -2.28. The topological polar surface area (TPSA) is 117 Å². The zero-order chi connectivity index (χ0) is 10.7. The average Bonchev–Trinajstić information content (AvgIpc) is 2.13. The van der Waals surface area contributed by atoms with E-state index in [1.807, 2.05) is 0 Å². The maximum Gasteiger partial charge on any atom is 0.291 e. The van der Waals surface area contributed by atoms with Crippen LogP contribution < -0.4 is 11.5 Å². The molecule has 1 rings (SSSR count). The Hall–Kier alpha value is -1.63. The van der Waals surface area contributed by atoms with Crippen molar-refractivity contribution in [3.63, 3.8) is 0 Å². The van der Waals surface area contributed by atoms with Gasteiger partial charge in [-0.25, -0.2) is 0 Å². The van der Waals surface area contributed by atoms with Gasteiger partial charge < -0.3 is 21.5 Å². The van der Waals surface area contributed by atoms with Crippen molar-refractivity contribution in [1.29, 1.82) is 0 Å². The number of amidine groups is 1. The van der Waals surface area contributed by atoms with Crippen LogP contribution in [-0.2, 0) is 4.79 Å². The minimum atomic E-state index is -0.385. The molecule has 7 nitrogen and oxygen atoms in total. The molecule has 5 N–H and O–H groups in total. The fourth-order valence-corrected chi connectivity index (χ4v) is 1.09. The molecule has 0 aliphatic carbocycles. The SMILES string of the molecule is CN1C(=O)C(N=C(N)N)=NC[C@H]1CO. The summed E-state index contributed by atoms with van der Waals surface area (Å²) in [6.07, 6.45) is 0. The van der Waals surface area contributed by atoms with Gasteiger partial charge in [0.05, 0.1) is 19.2 Å². The van der Waals surface area contributed by atoms with Crippen molar-refractivity contribution in [3.8, 4) is 0 Å². The Bertz CT molecular complexity index is 294. The highest BCUT2D eigenvalue weighted by Gasteiger charge is 2.27. The predicted octanol–water partition coefficient (Wildman–Crippen LogP) is -2.51. The van der Waals surface area contributed by atoms with Crippen molar-refractivity contribution in [2.75, 3.05) is 20.2 Å². The number of carbonyl (C=O) groups excluding carboxylic acids is 1. The molecule has 78 valence electrons. The number of hydrogen-bond donors (Lipinski definition) is 3. The normalized spacial score (nSPS) is 21.9. The Morgan fingerprint density at radius 2 is 2.43 bits per heavy atom. The molecule has 14 heavy (non-hydrogen) atoms. The molecule has 0 bridgehead atoms. The van der Waals surface area contributed by atoms with Crippen LogP contribution in [0.2, 0.25) is 0 Å². The van der Waals surface area contributed by atoms with Crippen LogP contribution in [0.5, 0.6) is 0 Å². The van der Waals surface area contributed by atoms with Gasteiger partial charge in [-0.15, -0.1) is 0 Å². The number of rotatable bonds is 1. The largest absolute Gasteiger partial charge is 0.394 e. The van der Waals surface area contributed by atoms with Gasteiger partial charge in [0.15, 0.2) is 5.96 Å². The number of aliphatic hydroxyl groups excluding tert-OH is 1. The highest BCUT2D eigenvalue weighted by Crippen LogP contribution is 2.06. The van der Waals surface area contributed by atoms with Crippen LogP contribution in [0.1, 0.15) is 0 Å². The molecular formula is C7H13N5O2. The number of guanidine groups is 1. The number of nitrogens with two attached hydrogens (primary N) is 2. The highest BCUT2D eigenvalue weighted by molar-refractivity contribution is 6.40. The van der Waals surface area contributed by atoms with Crippen molar-refractivity contribution >= 4 is 17.7 Å². The summed E-state index contributed by atoms with van der Waals surface area (Å²) in [5.74, 6) is -0.603. The predicted molar refractivity (Wildman–Crippen MR) is 51.8 cm³/mol. The van der Waals surface area contributed by atoms with E-state index in [0.29, 0.717) is 6.54 Å². The first-order valence-electron chi connectivity index (χ1n) is 4.08. The summed E-state index contributed by atoms with van der Waals surface area (Å²) < 4.78 is 0. The second kappa shape index (κ2) is 4.05. The van der Waals surface area contributed by atoms with E-state index in [9.17, 15) is 4.79 Å². The maximum absolute atomic E-state index is 11.5. The summed E-state index contributed by atoms with van der Waals surface area (Å²) in [4.78, 5) is 20.3. The Balaban J connectivity index is 2.87. The first-order chi connectivity index (χ1) is 6.56. The van der Waals surface area contributed by atoms with Crippen LogP contribution >= 0.6 is 0 Å². The summed E-state index contributed by atoms with van der Waals surface area (Å²) in [7, 11) is 1.57. The quantitative estimate of drug-likeness (QED) is 0.319. The lowest BCUT2D eigenvalue weighted by atomic mass is 10.2. The van der Waals surface area contributed by atoms with E-state index < -0.39 is 0 Å².